The summed E-state index contributed by atoms with van der Waals surface area (Å²) in [4.78, 5) is 12.3. The maximum Gasteiger partial charge on any atom is 0.322 e. The van der Waals surface area contributed by atoms with E-state index in [1.165, 1.54) is 12.1 Å². The molecular formula is C18H15Cl2N3O4S. The Kier molecular flexibility index (Phi) is 6.33. The van der Waals surface area contributed by atoms with Gasteiger partial charge in [-0.2, -0.15) is 0 Å². The number of carbonyl (C=O) groups excluding carboxylic acids is 1. The van der Waals surface area contributed by atoms with Crippen LogP contribution >= 0.6 is 23.2 Å². The number of benzene rings is 2. The van der Waals surface area contributed by atoms with Gasteiger partial charge >= 0.3 is 6.01 Å². The molecule has 0 saturated carbocycles. The lowest BCUT2D eigenvalue weighted by atomic mass is 10.2. The van der Waals surface area contributed by atoms with Crippen molar-refractivity contribution in [3.8, 4) is 11.5 Å². The maximum absolute atomic E-state index is 12.2. The molecule has 0 unspecified atom stereocenters. The van der Waals surface area contributed by atoms with Crippen LogP contribution in [-0.4, -0.2) is 30.3 Å². The molecule has 28 heavy (non-hydrogen) atoms. The van der Waals surface area contributed by atoms with Crippen LogP contribution in [0.3, 0.4) is 0 Å². The third-order valence-electron chi connectivity index (χ3n) is 3.75. The fourth-order valence-corrected chi connectivity index (χ4v) is 4.10. The predicted molar refractivity (Wildman–Crippen MR) is 106 cm³/mol. The van der Waals surface area contributed by atoms with Crippen LogP contribution in [0.15, 0.2) is 57.8 Å². The fourth-order valence-electron chi connectivity index (χ4n) is 2.39. The average molecular weight is 440 g/mol. The minimum absolute atomic E-state index is 0.0122. The highest BCUT2D eigenvalue weighted by Gasteiger charge is 2.17. The Morgan fingerprint density at radius 1 is 1.07 bits per heavy atom. The Bertz CT molecular complexity index is 1090. The molecule has 0 bridgehead atoms. The van der Waals surface area contributed by atoms with Gasteiger partial charge in [-0.1, -0.05) is 46.5 Å². The van der Waals surface area contributed by atoms with Crippen molar-refractivity contribution in [3.63, 3.8) is 0 Å². The molecule has 10 heteroatoms. The Balaban J connectivity index is 1.56. The molecule has 0 aliphatic heterocycles. The summed E-state index contributed by atoms with van der Waals surface area (Å²) in [5.74, 6) is -0.470. The number of hydrogen-bond donors (Lipinski definition) is 1. The summed E-state index contributed by atoms with van der Waals surface area (Å²) in [7, 11) is -3.43. The molecule has 1 amide bonds. The van der Waals surface area contributed by atoms with Crippen molar-refractivity contribution in [2.45, 2.75) is 17.7 Å². The third kappa shape index (κ3) is 5.09. The van der Waals surface area contributed by atoms with Crippen LogP contribution in [0.1, 0.15) is 12.8 Å². The molecule has 0 aliphatic rings. The van der Waals surface area contributed by atoms with Gasteiger partial charge in [-0.05, 0) is 36.8 Å². The van der Waals surface area contributed by atoms with E-state index in [2.05, 4.69) is 15.5 Å². The van der Waals surface area contributed by atoms with Gasteiger partial charge in [0.2, 0.25) is 5.91 Å². The van der Waals surface area contributed by atoms with E-state index in [1.54, 1.807) is 36.4 Å². The molecule has 0 spiro atoms. The second-order valence-electron chi connectivity index (χ2n) is 5.82. The van der Waals surface area contributed by atoms with Crippen LogP contribution in [0.4, 0.5) is 6.01 Å². The molecule has 0 fully saturated rings. The molecule has 2 aromatic carbocycles. The van der Waals surface area contributed by atoms with Crippen molar-refractivity contribution in [2.24, 2.45) is 0 Å². The zero-order valence-corrected chi connectivity index (χ0v) is 16.8. The smallest absolute Gasteiger partial charge is 0.322 e. The van der Waals surface area contributed by atoms with Crippen LogP contribution in [-0.2, 0) is 14.6 Å². The Morgan fingerprint density at radius 2 is 1.82 bits per heavy atom. The lowest BCUT2D eigenvalue weighted by Gasteiger charge is -2.04. The molecular weight excluding hydrogens is 425 g/mol. The van der Waals surface area contributed by atoms with Gasteiger partial charge in [-0.25, -0.2) is 8.42 Å². The second kappa shape index (κ2) is 8.72. The Labute approximate surface area is 171 Å². The van der Waals surface area contributed by atoms with Crippen LogP contribution in [0.2, 0.25) is 10.0 Å². The second-order valence-corrected chi connectivity index (χ2v) is 8.77. The van der Waals surface area contributed by atoms with Gasteiger partial charge in [-0.15, -0.1) is 5.10 Å². The zero-order chi connectivity index (χ0) is 20.1. The van der Waals surface area contributed by atoms with E-state index >= 15 is 0 Å². The van der Waals surface area contributed by atoms with Crippen LogP contribution in [0.5, 0.6) is 0 Å². The van der Waals surface area contributed by atoms with E-state index in [0.29, 0.717) is 15.6 Å². The summed E-state index contributed by atoms with van der Waals surface area (Å²) in [6.07, 6.45) is 0.145. The molecule has 3 rings (SSSR count). The van der Waals surface area contributed by atoms with Crippen molar-refractivity contribution in [1.29, 1.82) is 0 Å². The van der Waals surface area contributed by atoms with Gasteiger partial charge < -0.3 is 4.42 Å². The topological polar surface area (TPSA) is 102 Å². The van der Waals surface area contributed by atoms with Crippen LogP contribution in [0, 0.1) is 0 Å². The molecule has 0 radical (unpaired) electrons. The number of nitrogens with one attached hydrogen (secondary N) is 1. The Hall–Kier alpha value is -2.42. The zero-order valence-electron chi connectivity index (χ0n) is 14.4. The number of anilines is 1. The molecule has 1 aromatic heterocycles. The fraction of sp³-hybridized carbons (Fsp3) is 0.167. The van der Waals surface area contributed by atoms with Gasteiger partial charge in [0.1, 0.15) is 0 Å². The first-order chi connectivity index (χ1) is 13.3. The van der Waals surface area contributed by atoms with Crippen molar-refractivity contribution in [2.75, 3.05) is 11.1 Å². The number of halogens is 2. The van der Waals surface area contributed by atoms with Gasteiger partial charge in [0.15, 0.2) is 9.84 Å². The number of carbonyl (C=O) groups is 1. The molecule has 7 nitrogen and oxygen atoms in total. The van der Waals surface area contributed by atoms with Crippen LogP contribution < -0.4 is 5.32 Å². The van der Waals surface area contributed by atoms with Gasteiger partial charge in [0, 0.05) is 11.4 Å². The van der Waals surface area contributed by atoms with Crippen molar-refractivity contribution in [3.05, 3.63) is 58.6 Å². The average Bonchev–Trinajstić information content (AvgIpc) is 3.12. The highest BCUT2D eigenvalue weighted by atomic mass is 35.5. The van der Waals surface area contributed by atoms with E-state index in [9.17, 15) is 13.2 Å². The van der Waals surface area contributed by atoms with E-state index in [1.807, 2.05) is 0 Å². The van der Waals surface area contributed by atoms with Crippen molar-refractivity contribution >= 4 is 45.0 Å². The summed E-state index contributed by atoms with van der Waals surface area (Å²) in [6.45, 7) is 0. The molecule has 0 aliphatic carbocycles. The van der Waals surface area contributed by atoms with Crippen molar-refractivity contribution in [1.82, 2.24) is 10.2 Å². The molecule has 146 valence electrons. The first kappa shape index (κ1) is 20.3. The monoisotopic (exact) mass is 439 g/mol. The van der Waals surface area contributed by atoms with E-state index in [4.69, 9.17) is 27.6 Å². The van der Waals surface area contributed by atoms with Gasteiger partial charge in [0.25, 0.3) is 5.89 Å². The highest BCUT2D eigenvalue weighted by molar-refractivity contribution is 7.91. The van der Waals surface area contributed by atoms with E-state index < -0.39 is 15.7 Å². The molecule has 0 atom stereocenters. The standard InChI is InChI=1S/C18H15Cl2N3O4S/c19-12-8-9-15(20)14(11-12)17-22-23-18(27-17)21-16(24)7-4-10-28(25,26)13-5-2-1-3-6-13/h1-3,5-6,8-9,11H,4,7,10H2,(H,21,23,24). The lowest BCUT2D eigenvalue weighted by Crippen LogP contribution is -2.14. The minimum Gasteiger partial charge on any atom is -0.403 e. The summed E-state index contributed by atoms with van der Waals surface area (Å²) >= 11 is 12.0. The predicted octanol–water partition coefficient (Wildman–Crippen LogP) is 4.24. The normalized spacial score (nSPS) is 11.4. The van der Waals surface area contributed by atoms with Gasteiger partial charge in [-0.3, -0.25) is 10.1 Å². The number of sulfone groups is 1. The first-order valence-electron chi connectivity index (χ1n) is 8.22. The highest BCUT2D eigenvalue weighted by Crippen LogP contribution is 2.30. The lowest BCUT2D eigenvalue weighted by molar-refractivity contribution is -0.116. The first-order valence-corrected chi connectivity index (χ1v) is 10.6. The SMILES string of the molecule is O=C(CCCS(=O)(=O)c1ccccc1)Nc1nnc(-c2cc(Cl)ccc2Cl)o1. The minimum atomic E-state index is -3.43. The molecule has 1 N–H and O–H groups in total. The van der Waals surface area contributed by atoms with Gasteiger partial charge in [0.05, 0.1) is 21.2 Å². The summed E-state index contributed by atoms with van der Waals surface area (Å²) in [5.41, 5.74) is 0.441. The number of hydrogen-bond acceptors (Lipinski definition) is 6. The summed E-state index contributed by atoms with van der Waals surface area (Å²) in [6, 6.07) is 12.8. The number of amides is 1. The number of aromatic nitrogens is 2. The summed E-state index contributed by atoms with van der Waals surface area (Å²) < 4.78 is 29.8. The number of rotatable bonds is 7. The molecule has 3 aromatic rings. The largest absolute Gasteiger partial charge is 0.403 e. The number of nitrogens with zero attached hydrogens (tertiary/aromatic N) is 2. The quantitative estimate of drug-likeness (QED) is 0.590. The Morgan fingerprint density at radius 3 is 2.57 bits per heavy atom. The van der Waals surface area contributed by atoms with E-state index in [-0.39, 0.29) is 35.4 Å². The van der Waals surface area contributed by atoms with Crippen LogP contribution in [0.25, 0.3) is 11.5 Å². The molecule has 0 saturated heterocycles. The van der Waals surface area contributed by atoms with Crippen molar-refractivity contribution < 1.29 is 17.6 Å². The maximum atomic E-state index is 12.2. The third-order valence-corrected chi connectivity index (χ3v) is 6.13. The van der Waals surface area contributed by atoms with E-state index in [0.717, 1.165) is 0 Å². The summed E-state index contributed by atoms with van der Waals surface area (Å²) in [5, 5.41) is 10.8. The molecule has 1 heterocycles.